The minimum atomic E-state index is -4.48. The molecule has 0 aliphatic carbocycles. The molecular formula is C12H11ClF3N5. The molecule has 1 aromatic heterocycles. The van der Waals surface area contributed by atoms with Crippen molar-refractivity contribution in [3.63, 3.8) is 0 Å². The number of benzene rings is 1. The molecule has 1 aromatic carbocycles. The maximum Gasteiger partial charge on any atom is 0.416 e. The molecule has 0 bridgehead atoms. The Morgan fingerprint density at radius 1 is 1.14 bits per heavy atom. The summed E-state index contributed by atoms with van der Waals surface area (Å²) in [7, 11) is 0. The summed E-state index contributed by atoms with van der Waals surface area (Å²) in [6, 6.07) is 3.17. The fourth-order valence-corrected chi connectivity index (χ4v) is 1.92. The fraction of sp³-hybridized carbons (Fsp3) is 0.167. The number of hydrogen-bond acceptors (Lipinski definition) is 5. The Balaban J connectivity index is 2.38. The third kappa shape index (κ3) is 3.53. The summed E-state index contributed by atoms with van der Waals surface area (Å²) >= 11 is 5.72. The van der Waals surface area contributed by atoms with Crippen LogP contribution in [0.25, 0.3) is 0 Å². The first-order valence-corrected chi connectivity index (χ1v) is 6.12. The summed E-state index contributed by atoms with van der Waals surface area (Å²) < 4.78 is 38.2. The number of hydrogen-bond donors (Lipinski definition) is 3. The molecule has 0 radical (unpaired) electrons. The molecule has 0 aliphatic heterocycles. The number of aromatic nitrogens is 2. The zero-order valence-corrected chi connectivity index (χ0v) is 11.5. The van der Waals surface area contributed by atoms with E-state index in [1.54, 1.807) is 6.92 Å². The van der Waals surface area contributed by atoms with Crippen LogP contribution < -0.4 is 16.6 Å². The molecule has 21 heavy (non-hydrogen) atoms. The Labute approximate surface area is 123 Å². The molecule has 0 amide bonds. The van der Waals surface area contributed by atoms with Crippen molar-refractivity contribution in [2.24, 2.45) is 5.84 Å². The van der Waals surface area contributed by atoms with Crippen LogP contribution in [0, 0.1) is 6.92 Å². The van der Waals surface area contributed by atoms with Crippen LogP contribution in [0.5, 0.6) is 0 Å². The van der Waals surface area contributed by atoms with E-state index in [-0.39, 0.29) is 10.7 Å². The second kappa shape index (κ2) is 5.74. The highest BCUT2D eigenvalue weighted by atomic mass is 35.5. The normalized spacial score (nSPS) is 11.3. The summed E-state index contributed by atoms with van der Waals surface area (Å²) in [6.07, 6.45) is -3.24. The average molecular weight is 318 g/mol. The van der Waals surface area contributed by atoms with Gasteiger partial charge in [0.2, 0.25) is 0 Å². The molecule has 0 saturated carbocycles. The van der Waals surface area contributed by atoms with Gasteiger partial charge in [0.05, 0.1) is 5.56 Å². The summed E-state index contributed by atoms with van der Waals surface area (Å²) in [5.74, 6) is 5.97. The quantitative estimate of drug-likeness (QED) is 0.597. The second-order valence-corrected chi connectivity index (χ2v) is 4.63. The van der Waals surface area contributed by atoms with E-state index in [1.807, 2.05) is 0 Å². The summed E-state index contributed by atoms with van der Waals surface area (Å²) in [5, 5.41) is 2.74. The van der Waals surface area contributed by atoms with Gasteiger partial charge in [0.1, 0.15) is 18.0 Å². The molecule has 0 spiro atoms. The van der Waals surface area contributed by atoms with E-state index in [9.17, 15) is 13.2 Å². The van der Waals surface area contributed by atoms with E-state index in [0.29, 0.717) is 17.2 Å². The topological polar surface area (TPSA) is 75.9 Å². The van der Waals surface area contributed by atoms with E-state index >= 15 is 0 Å². The highest BCUT2D eigenvalue weighted by molar-refractivity contribution is 6.31. The molecule has 0 fully saturated rings. The third-order valence-corrected chi connectivity index (χ3v) is 2.93. The lowest BCUT2D eigenvalue weighted by molar-refractivity contribution is -0.137. The Hall–Kier alpha value is -2.06. The van der Waals surface area contributed by atoms with E-state index in [0.717, 1.165) is 12.1 Å². The van der Waals surface area contributed by atoms with E-state index in [4.69, 9.17) is 17.4 Å². The Morgan fingerprint density at radius 3 is 2.43 bits per heavy atom. The molecule has 2 rings (SSSR count). The number of nitrogens with one attached hydrogen (secondary N) is 2. The molecule has 5 nitrogen and oxygen atoms in total. The molecule has 0 unspecified atom stereocenters. The molecule has 9 heteroatoms. The van der Waals surface area contributed by atoms with Gasteiger partial charge in [0, 0.05) is 16.3 Å². The number of nitrogens with zero attached hydrogens (tertiary/aromatic N) is 2. The number of anilines is 3. The van der Waals surface area contributed by atoms with Crippen molar-refractivity contribution >= 4 is 28.9 Å². The van der Waals surface area contributed by atoms with Crippen molar-refractivity contribution in [3.8, 4) is 0 Å². The molecule has 0 saturated heterocycles. The minimum absolute atomic E-state index is 0.0313. The maximum absolute atomic E-state index is 12.7. The minimum Gasteiger partial charge on any atom is -0.340 e. The Kier molecular flexibility index (Phi) is 4.19. The van der Waals surface area contributed by atoms with E-state index in [2.05, 4.69) is 20.7 Å². The highest BCUT2D eigenvalue weighted by Crippen LogP contribution is 2.34. The first-order valence-electron chi connectivity index (χ1n) is 5.74. The van der Waals surface area contributed by atoms with E-state index in [1.165, 1.54) is 12.4 Å². The molecule has 4 N–H and O–H groups in total. The molecule has 0 atom stereocenters. The van der Waals surface area contributed by atoms with Gasteiger partial charge in [-0.15, -0.1) is 0 Å². The molecule has 112 valence electrons. The first kappa shape index (κ1) is 15.3. The predicted molar refractivity (Wildman–Crippen MR) is 74.3 cm³/mol. The van der Waals surface area contributed by atoms with Crippen molar-refractivity contribution in [1.82, 2.24) is 9.97 Å². The van der Waals surface area contributed by atoms with Crippen LogP contribution in [0.4, 0.5) is 30.5 Å². The van der Waals surface area contributed by atoms with Crippen molar-refractivity contribution < 1.29 is 13.2 Å². The monoisotopic (exact) mass is 317 g/mol. The van der Waals surface area contributed by atoms with Gasteiger partial charge in [0.25, 0.3) is 0 Å². The lowest BCUT2D eigenvalue weighted by Gasteiger charge is -2.13. The third-order valence-electron chi connectivity index (χ3n) is 2.71. The van der Waals surface area contributed by atoms with Gasteiger partial charge in [-0.1, -0.05) is 11.6 Å². The summed E-state index contributed by atoms with van der Waals surface area (Å²) in [6.45, 7) is 1.67. The van der Waals surface area contributed by atoms with Crippen LogP contribution in [-0.4, -0.2) is 9.97 Å². The number of nitrogen functional groups attached to an aromatic ring is 1. The van der Waals surface area contributed by atoms with Crippen LogP contribution in [0.1, 0.15) is 11.1 Å². The molecular weight excluding hydrogens is 307 g/mol. The van der Waals surface area contributed by atoms with Crippen LogP contribution in [0.15, 0.2) is 24.5 Å². The standard InChI is InChI=1S/C12H11ClF3N5/c1-6-10(18-5-19-11(6)21-17)20-9-3-7(12(14,15)16)2-8(13)4-9/h2-5H,17H2,1H3,(H2,18,19,20,21). The van der Waals surface area contributed by atoms with Gasteiger partial charge < -0.3 is 10.7 Å². The Morgan fingerprint density at radius 2 is 1.81 bits per heavy atom. The van der Waals surface area contributed by atoms with Crippen molar-refractivity contribution in [2.75, 3.05) is 10.7 Å². The zero-order valence-electron chi connectivity index (χ0n) is 10.8. The van der Waals surface area contributed by atoms with Gasteiger partial charge >= 0.3 is 6.18 Å². The lowest BCUT2D eigenvalue weighted by atomic mass is 10.2. The average Bonchev–Trinajstić information content (AvgIpc) is 2.39. The van der Waals surface area contributed by atoms with Crippen LogP contribution >= 0.6 is 11.6 Å². The van der Waals surface area contributed by atoms with Crippen molar-refractivity contribution in [1.29, 1.82) is 0 Å². The first-order chi connectivity index (χ1) is 9.81. The Bertz CT molecular complexity index is 660. The highest BCUT2D eigenvalue weighted by Gasteiger charge is 2.31. The number of hydrazine groups is 1. The molecule has 0 aliphatic rings. The fourth-order valence-electron chi connectivity index (χ4n) is 1.68. The maximum atomic E-state index is 12.7. The number of halogens is 4. The van der Waals surface area contributed by atoms with Crippen molar-refractivity contribution in [3.05, 3.63) is 40.7 Å². The van der Waals surface area contributed by atoms with Gasteiger partial charge in [-0.25, -0.2) is 15.8 Å². The predicted octanol–water partition coefficient (Wildman–Crippen LogP) is 3.49. The van der Waals surface area contributed by atoms with Crippen LogP contribution in [-0.2, 0) is 6.18 Å². The van der Waals surface area contributed by atoms with Gasteiger partial charge in [-0.05, 0) is 25.1 Å². The number of alkyl halides is 3. The lowest BCUT2D eigenvalue weighted by Crippen LogP contribution is -2.12. The van der Waals surface area contributed by atoms with Gasteiger partial charge in [-0.3, -0.25) is 0 Å². The SMILES string of the molecule is Cc1c(NN)ncnc1Nc1cc(Cl)cc(C(F)(F)F)c1. The summed E-state index contributed by atoms with van der Waals surface area (Å²) in [5.41, 5.74) is 2.26. The van der Waals surface area contributed by atoms with Gasteiger partial charge in [0.15, 0.2) is 0 Å². The van der Waals surface area contributed by atoms with Gasteiger partial charge in [-0.2, -0.15) is 13.2 Å². The second-order valence-electron chi connectivity index (χ2n) is 4.19. The summed E-state index contributed by atoms with van der Waals surface area (Å²) in [4.78, 5) is 7.84. The molecule has 1 heterocycles. The number of nitrogens with two attached hydrogens (primary N) is 1. The van der Waals surface area contributed by atoms with E-state index < -0.39 is 11.7 Å². The smallest absolute Gasteiger partial charge is 0.340 e. The molecule has 2 aromatic rings. The zero-order chi connectivity index (χ0) is 15.6. The van der Waals surface area contributed by atoms with Crippen molar-refractivity contribution in [2.45, 2.75) is 13.1 Å². The van der Waals surface area contributed by atoms with Crippen LogP contribution in [0.3, 0.4) is 0 Å². The largest absolute Gasteiger partial charge is 0.416 e. The number of rotatable bonds is 3. The van der Waals surface area contributed by atoms with Crippen LogP contribution in [0.2, 0.25) is 5.02 Å².